The molecule has 0 atom stereocenters. The number of rotatable bonds is 1. The number of hydrogen-bond donors (Lipinski definition) is 0. The van der Waals surface area contributed by atoms with Crippen molar-refractivity contribution in [3.63, 3.8) is 0 Å². The minimum Gasteiger partial charge on any atom is -0.0620 e. The molecule has 0 unspecified atom stereocenters. The summed E-state index contributed by atoms with van der Waals surface area (Å²) >= 11 is 0. The second-order valence-corrected chi connectivity index (χ2v) is 3.54. The Morgan fingerprint density at radius 1 is 0.857 bits per heavy atom. The highest BCUT2D eigenvalue weighted by Gasteiger charge is 2.02. The quantitative estimate of drug-likeness (QED) is 0.628. The van der Waals surface area contributed by atoms with Crippen LogP contribution in [0, 0.1) is 19.9 Å². The van der Waals surface area contributed by atoms with E-state index in [9.17, 15) is 0 Å². The molecule has 0 saturated carbocycles. The summed E-state index contributed by atoms with van der Waals surface area (Å²) in [6, 6.07) is 17.8. The molecule has 0 heteroatoms. The molecule has 0 aliphatic heterocycles. The van der Waals surface area contributed by atoms with Crippen LogP contribution in [0.1, 0.15) is 11.1 Å². The molecule has 69 valence electrons. The number of hydrogen-bond acceptors (Lipinski definition) is 0. The lowest BCUT2D eigenvalue weighted by Crippen LogP contribution is -1.85. The summed E-state index contributed by atoms with van der Waals surface area (Å²) in [5, 5.41) is 0. The number of aryl methyl sites for hydroxylation is 2. The lowest BCUT2D eigenvalue weighted by atomic mass is 9.97. The molecule has 14 heavy (non-hydrogen) atoms. The average molecular weight is 181 g/mol. The maximum Gasteiger partial charge on any atom is -0.00732 e. The molecule has 0 N–H and O–H groups in total. The van der Waals surface area contributed by atoms with E-state index < -0.39 is 0 Å². The van der Waals surface area contributed by atoms with Gasteiger partial charge in [-0.25, -0.2) is 0 Å². The Bertz CT molecular complexity index is 398. The van der Waals surface area contributed by atoms with E-state index in [4.69, 9.17) is 0 Å². The van der Waals surface area contributed by atoms with Crippen molar-refractivity contribution in [2.24, 2.45) is 0 Å². The molecular formula is C14H13. The molecule has 0 aliphatic rings. The molecular weight excluding hydrogens is 168 g/mol. The summed E-state index contributed by atoms with van der Waals surface area (Å²) in [6.07, 6.45) is 0. The van der Waals surface area contributed by atoms with Gasteiger partial charge in [-0.15, -0.1) is 0 Å². The van der Waals surface area contributed by atoms with Crippen LogP contribution in [0.2, 0.25) is 0 Å². The fourth-order valence-electron chi connectivity index (χ4n) is 1.66. The molecule has 2 aromatic carbocycles. The van der Waals surface area contributed by atoms with E-state index in [2.05, 4.69) is 50.2 Å². The van der Waals surface area contributed by atoms with Crippen molar-refractivity contribution in [2.75, 3.05) is 0 Å². The summed E-state index contributed by atoms with van der Waals surface area (Å²) in [5.41, 5.74) is 5.08. The largest absolute Gasteiger partial charge is 0.0620 e. The van der Waals surface area contributed by atoms with Crippen molar-refractivity contribution in [3.8, 4) is 11.1 Å². The zero-order chi connectivity index (χ0) is 9.97. The van der Waals surface area contributed by atoms with Gasteiger partial charge in [0.15, 0.2) is 0 Å². The van der Waals surface area contributed by atoms with E-state index in [0.717, 1.165) is 0 Å². The van der Waals surface area contributed by atoms with Crippen LogP contribution in [0.5, 0.6) is 0 Å². The maximum atomic E-state index is 3.29. The van der Waals surface area contributed by atoms with Crippen LogP contribution in [0.3, 0.4) is 0 Å². The van der Waals surface area contributed by atoms with Crippen molar-refractivity contribution < 1.29 is 0 Å². The van der Waals surface area contributed by atoms with E-state index in [1.807, 2.05) is 12.1 Å². The fraction of sp³-hybridized carbons (Fsp3) is 0.143. The van der Waals surface area contributed by atoms with Crippen LogP contribution in [-0.2, 0) is 0 Å². The number of benzene rings is 2. The first-order chi connectivity index (χ1) is 6.79. The first kappa shape index (κ1) is 9.01. The Hall–Kier alpha value is -1.56. The summed E-state index contributed by atoms with van der Waals surface area (Å²) < 4.78 is 0. The Labute approximate surface area is 85.2 Å². The van der Waals surface area contributed by atoms with Crippen molar-refractivity contribution in [1.82, 2.24) is 0 Å². The second kappa shape index (κ2) is 3.67. The van der Waals surface area contributed by atoms with Crippen LogP contribution >= 0.6 is 0 Å². The molecule has 0 amide bonds. The normalized spacial score (nSPS) is 10.1. The standard InChI is InChI=1S/C14H13/c1-11-7-3-5-9-13(11)14-10-6-4-8-12(14)2/h3-9H,1-2H3. The van der Waals surface area contributed by atoms with Crippen molar-refractivity contribution in [1.29, 1.82) is 0 Å². The zero-order valence-corrected chi connectivity index (χ0v) is 8.54. The summed E-state index contributed by atoms with van der Waals surface area (Å²) in [5.74, 6) is 0. The van der Waals surface area contributed by atoms with Gasteiger partial charge in [-0.1, -0.05) is 42.5 Å². The minimum atomic E-state index is 1.21. The van der Waals surface area contributed by atoms with E-state index in [1.54, 1.807) is 0 Å². The average Bonchev–Trinajstić information content (AvgIpc) is 2.20. The minimum absolute atomic E-state index is 1.21. The third kappa shape index (κ3) is 1.56. The van der Waals surface area contributed by atoms with Gasteiger partial charge in [0.2, 0.25) is 0 Å². The third-order valence-electron chi connectivity index (χ3n) is 2.48. The Morgan fingerprint density at radius 3 is 2.29 bits per heavy atom. The fourth-order valence-corrected chi connectivity index (χ4v) is 1.66. The Kier molecular flexibility index (Phi) is 2.36. The molecule has 0 bridgehead atoms. The smallest absolute Gasteiger partial charge is 0.00732 e. The van der Waals surface area contributed by atoms with Crippen molar-refractivity contribution in [2.45, 2.75) is 13.8 Å². The van der Waals surface area contributed by atoms with Gasteiger partial charge in [0.05, 0.1) is 0 Å². The van der Waals surface area contributed by atoms with Gasteiger partial charge in [-0.2, -0.15) is 0 Å². The van der Waals surface area contributed by atoms with Gasteiger partial charge >= 0.3 is 0 Å². The Balaban J connectivity index is 2.61. The summed E-state index contributed by atoms with van der Waals surface area (Å²) in [7, 11) is 0. The molecule has 0 heterocycles. The van der Waals surface area contributed by atoms with Gasteiger partial charge in [0.25, 0.3) is 0 Å². The molecule has 2 rings (SSSR count). The van der Waals surface area contributed by atoms with Crippen LogP contribution < -0.4 is 0 Å². The molecule has 0 nitrogen and oxygen atoms in total. The topological polar surface area (TPSA) is 0 Å². The molecule has 2 aromatic rings. The lowest BCUT2D eigenvalue weighted by molar-refractivity contribution is 1.40. The molecule has 0 fully saturated rings. The van der Waals surface area contributed by atoms with Crippen LogP contribution in [0.4, 0.5) is 0 Å². The lowest BCUT2D eigenvalue weighted by Gasteiger charge is -2.07. The molecule has 0 saturated heterocycles. The van der Waals surface area contributed by atoms with Crippen LogP contribution in [0.25, 0.3) is 11.1 Å². The zero-order valence-electron chi connectivity index (χ0n) is 8.54. The SMILES string of the molecule is Cc1ccc[c]c1-c1ccccc1C. The maximum absolute atomic E-state index is 3.29. The van der Waals surface area contributed by atoms with Gasteiger partial charge in [0, 0.05) is 0 Å². The third-order valence-corrected chi connectivity index (χ3v) is 2.48. The van der Waals surface area contributed by atoms with E-state index in [0.29, 0.717) is 0 Å². The second-order valence-electron chi connectivity index (χ2n) is 3.54. The van der Waals surface area contributed by atoms with E-state index in [1.165, 1.54) is 22.3 Å². The summed E-state index contributed by atoms with van der Waals surface area (Å²) in [4.78, 5) is 0. The van der Waals surface area contributed by atoms with Gasteiger partial charge in [0.1, 0.15) is 0 Å². The van der Waals surface area contributed by atoms with Gasteiger partial charge < -0.3 is 0 Å². The van der Waals surface area contributed by atoms with Gasteiger partial charge in [-0.05, 0) is 42.2 Å². The predicted octanol–water partition coefficient (Wildman–Crippen LogP) is 3.77. The van der Waals surface area contributed by atoms with Crippen LogP contribution in [-0.4, -0.2) is 0 Å². The molecule has 0 aromatic heterocycles. The van der Waals surface area contributed by atoms with E-state index >= 15 is 0 Å². The summed E-state index contributed by atoms with van der Waals surface area (Å²) in [6.45, 7) is 4.26. The van der Waals surface area contributed by atoms with Crippen LogP contribution in [0.15, 0.2) is 42.5 Å². The van der Waals surface area contributed by atoms with Gasteiger partial charge in [-0.3, -0.25) is 0 Å². The molecule has 0 aliphatic carbocycles. The van der Waals surface area contributed by atoms with E-state index in [-0.39, 0.29) is 0 Å². The first-order valence-corrected chi connectivity index (χ1v) is 4.82. The highest BCUT2D eigenvalue weighted by Crippen LogP contribution is 2.25. The highest BCUT2D eigenvalue weighted by atomic mass is 14.1. The molecule has 1 radical (unpaired) electrons. The highest BCUT2D eigenvalue weighted by molar-refractivity contribution is 5.69. The monoisotopic (exact) mass is 181 g/mol. The van der Waals surface area contributed by atoms with Crippen molar-refractivity contribution >= 4 is 0 Å². The predicted molar refractivity (Wildman–Crippen MR) is 60.2 cm³/mol. The first-order valence-electron chi connectivity index (χ1n) is 4.82. The molecule has 0 spiro atoms. The Morgan fingerprint density at radius 2 is 1.57 bits per heavy atom. The van der Waals surface area contributed by atoms with Crippen molar-refractivity contribution in [3.05, 3.63) is 59.7 Å².